The maximum absolute atomic E-state index is 13.2. The van der Waals surface area contributed by atoms with Crippen molar-refractivity contribution in [1.82, 2.24) is 10.2 Å². The Kier molecular flexibility index (Phi) is 8.59. The summed E-state index contributed by atoms with van der Waals surface area (Å²) >= 11 is 1.60. The first kappa shape index (κ1) is 23.4. The van der Waals surface area contributed by atoms with Gasteiger partial charge in [-0.3, -0.25) is 9.59 Å². The van der Waals surface area contributed by atoms with E-state index in [0.29, 0.717) is 12.3 Å². The molecule has 0 heterocycles. The van der Waals surface area contributed by atoms with E-state index >= 15 is 0 Å². The third-order valence-corrected chi connectivity index (χ3v) is 6.95. The van der Waals surface area contributed by atoms with E-state index in [9.17, 15) is 9.59 Å². The van der Waals surface area contributed by atoms with Crippen molar-refractivity contribution < 1.29 is 9.59 Å². The molecule has 2 aromatic carbocycles. The maximum atomic E-state index is 13.2. The Balaban J connectivity index is 1.64. The van der Waals surface area contributed by atoms with Crippen LogP contribution < -0.4 is 5.32 Å². The summed E-state index contributed by atoms with van der Waals surface area (Å²) in [6.45, 7) is 6.41. The quantitative estimate of drug-likeness (QED) is 0.598. The summed E-state index contributed by atoms with van der Waals surface area (Å²) < 4.78 is 0. The van der Waals surface area contributed by atoms with Crippen LogP contribution in [0.3, 0.4) is 0 Å². The van der Waals surface area contributed by atoms with Gasteiger partial charge in [0.25, 0.3) is 0 Å². The van der Waals surface area contributed by atoms with E-state index < -0.39 is 6.04 Å². The Morgan fingerprint density at radius 1 is 0.968 bits per heavy atom. The number of nitrogens with one attached hydrogen (secondary N) is 1. The van der Waals surface area contributed by atoms with Crippen LogP contribution in [0.15, 0.2) is 48.5 Å². The second-order valence-corrected chi connectivity index (χ2v) is 9.64. The summed E-state index contributed by atoms with van der Waals surface area (Å²) in [5.41, 5.74) is 4.67. The smallest absolute Gasteiger partial charge is 0.242 e. The minimum Gasteiger partial charge on any atom is -0.352 e. The van der Waals surface area contributed by atoms with Crippen LogP contribution in [0.1, 0.15) is 54.9 Å². The number of hydrogen-bond acceptors (Lipinski definition) is 3. The Hall–Kier alpha value is -2.27. The highest BCUT2D eigenvalue weighted by Crippen LogP contribution is 2.20. The Labute approximate surface area is 190 Å². The molecular weight excluding hydrogens is 404 g/mol. The molecule has 3 rings (SSSR count). The SMILES string of the molecule is Cc1ccc(CSCC(=O)N(Cc2ccc(C)cc2)C(C)C(=O)NC2CCCC2)cc1. The number of amides is 2. The lowest BCUT2D eigenvalue weighted by Crippen LogP contribution is -2.50. The van der Waals surface area contributed by atoms with Gasteiger partial charge >= 0.3 is 0 Å². The molecule has 166 valence electrons. The summed E-state index contributed by atoms with van der Waals surface area (Å²) in [5.74, 6) is 1.11. The first-order chi connectivity index (χ1) is 14.9. The first-order valence-electron chi connectivity index (χ1n) is 11.2. The summed E-state index contributed by atoms with van der Waals surface area (Å²) in [6, 6.07) is 16.3. The number of rotatable bonds is 9. The molecule has 1 fully saturated rings. The maximum Gasteiger partial charge on any atom is 0.242 e. The molecule has 1 N–H and O–H groups in total. The molecule has 1 aliphatic rings. The lowest BCUT2D eigenvalue weighted by Gasteiger charge is -2.29. The Bertz CT molecular complexity index is 858. The molecule has 0 saturated heterocycles. The first-order valence-corrected chi connectivity index (χ1v) is 12.4. The van der Waals surface area contributed by atoms with Gasteiger partial charge in [-0.25, -0.2) is 0 Å². The lowest BCUT2D eigenvalue weighted by atomic mass is 10.1. The molecule has 1 saturated carbocycles. The topological polar surface area (TPSA) is 49.4 Å². The molecule has 2 amide bonds. The fraction of sp³-hybridized carbons (Fsp3) is 0.462. The number of aryl methyl sites for hydroxylation is 2. The average Bonchev–Trinajstić information content (AvgIpc) is 3.27. The van der Waals surface area contributed by atoms with Gasteiger partial charge in [0.15, 0.2) is 0 Å². The summed E-state index contributed by atoms with van der Waals surface area (Å²) in [6.07, 6.45) is 4.41. The fourth-order valence-electron chi connectivity index (χ4n) is 3.89. The molecule has 2 aromatic rings. The van der Waals surface area contributed by atoms with Crippen molar-refractivity contribution in [2.75, 3.05) is 5.75 Å². The molecular formula is C26H34N2O2S. The van der Waals surface area contributed by atoms with Crippen LogP contribution >= 0.6 is 11.8 Å². The van der Waals surface area contributed by atoms with Crippen LogP contribution in [-0.4, -0.2) is 34.6 Å². The minimum absolute atomic E-state index is 0.00626. The van der Waals surface area contributed by atoms with Crippen LogP contribution in [0.5, 0.6) is 0 Å². The van der Waals surface area contributed by atoms with Gasteiger partial charge in [0, 0.05) is 18.3 Å². The van der Waals surface area contributed by atoms with Crippen molar-refractivity contribution in [1.29, 1.82) is 0 Å². The van der Waals surface area contributed by atoms with Crippen molar-refractivity contribution >= 4 is 23.6 Å². The number of benzene rings is 2. The summed E-state index contributed by atoms with van der Waals surface area (Å²) in [7, 11) is 0. The van der Waals surface area contributed by atoms with Gasteiger partial charge in [0.05, 0.1) is 5.75 Å². The van der Waals surface area contributed by atoms with Crippen molar-refractivity contribution in [2.24, 2.45) is 0 Å². The fourth-order valence-corrected chi connectivity index (χ4v) is 4.76. The van der Waals surface area contributed by atoms with Gasteiger partial charge in [-0.05, 0) is 44.7 Å². The largest absolute Gasteiger partial charge is 0.352 e. The normalized spacial score (nSPS) is 14.9. The molecule has 31 heavy (non-hydrogen) atoms. The number of thioether (sulfide) groups is 1. The van der Waals surface area contributed by atoms with Crippen LogP contribution in [0, 0.1) is 13.8 Å². The number of carbonyl (C=O) groups is 2. The van der Waals surface area contributed by atoms with E-state index in [1.165, 1.54) is 29.5 Å². The van der Waals surface area contributed by atoms with Gasteiger partial charge < -0.3 is 10.2 Å². The zero-order chi connectivity index (χ0) is 22.2. The highest BCUT2D eigenvalue weighted by molar-refractivity contribution is 7.99. The van der Waals surface area contributed by atoms with Crippen LogP contribution in [0.4, 0.5) is 0 Å². The monoisotopic (exact) mass is 438 g/mol. The predicted molar refractivity (Wildman–Crippen MR) is 129 cm³/mol. The average molecular weight is 439 g/mol. The standard InChI is InChI=1S/C26H34N2O2S/c1-19-8-12-22(13-9-19)16-28(21(3)26(30)27-24-6-4-5-7-24)25(29)18-31-17-23-14-10-20(2)11-15-23/h8-15,21,24H,4-7,16-18H2,1-3H3,(H,27,30). The van der Waals surface area contributed by atoms with E-state index in [2.05, 4.69) is 36.5 Å². The molecule has 0 aliphatic heterocycles. The van der Waals surface area contributed by atoms with Gasteiger partial charge in [-0.15, -0.1) is 11.8 Å². The van der Waals surface area contributed by atoms with E-state index in [0.717, 1.165) is 24.2 Å². The van der Waals surface area contributed by atoms with E-state index in [1.807, 2.05) is 38.1 Å². The van der Waals surface area contributed by atoms with Crippen molar-refractivity contribution in [2.45, 2.75) is 70.8 Å². The third kappa shape index (κ3) is 7.13. The van der Waals surface area contributed by atoms with Crippen molar-refractivity contribution in [3.63, 3.8) is 0 Å². The molecule has 5 heteroatoms. The number of carbonyl (C=O) groups excluding carboxylic acids is 2. The molecule has 1 unspecified atom stereocenters. The Morgan fingerprint density at radius 3 is 2.10 bits per heavy atom. The van der Waals surface area contributed by atoms with Crippen LogP contribution in [0.2, 0.25) is 0 Å². The van der Waals surface area contributed by atoms with Gasteiger partial charge in [-0.1, -0.05) is 72.5 Å². The molecule has 0 spiro atoms. The van der Waals surface area contributed by atoms with Crippen LogP contribution in [-0.2, 0) is 21.9 Å². The predicted octanol–water partition coefficient (Wildman–Crippen LogP) is 5.01. The van der Waals surface area contributed by atoms with Gasteiger partial charge in [-0.2, -0.15) is 0 Å². The summed E-state index contributed by atoms with van der Waals surface area (Å²) in [5, 5.41) is 3.16. The summed E-state index contributed by atoms with van der Waals surface area (Å²) in [4.78, 5) is 27.8. The van der Waals surface area contributed by atoms with Gasteiger partial charge in [0.1, 0.15) is 6.04 Å². The second kappa shape index (κ2) is 11.4. The molecule has 0 bridgehead atoms. The number of hydrogen-bond donors (Lipinski definition) is 1. The van der Waals surface area contributed by atoms with E-state index in [-0.39, 0.29) is 17.9 Å². The minimum atomic E-state index is -0.491. The third-order valence-electron chi connectivity index (χ3n) is 5.96. The lowest BCUT2D eigenvalue weighted by molar-refractivity contribution is -0.138. The molecule has 4 nitrogen and oxygen atoms in total. The van der Waals surface area contributed by atoms with Gasteiger partial charge in [0.2, 0.25) is 11.8 Å². The molecule has 0 radical (unpaired) electrons. The van der Waals surface area contributed by atoms with Crippen molar-refractivity contribution in [3.05, 3.63) is 70.8 Å². The van der Waals surface area contributed by atoms with Crippen LogP contribution in [0.25, 0.3) is 0 Å². The molecule has 1 atom stereocenters. The van der Waals surface area contributed by atoms with Crippen molar-refractivity contribution in [3.8, 4) is 0 Å². The zero-order valence-corrected chi connectivity index (χ0v) is 19.7. The molecule has 0 aromatic heterocycles. The highest BCUT2D eigenvalue weighted by Gasteiger charge is 2.28. The van der Waals surface area contributed by atoms with E-state index in [1.54, 1.807) is 16.7 Å². The highest BCUT2D eigenvalue weighted by atomic mass is 32.2. The Morgan fingerprint density at radius 2 is 1.52 bits per heavy atom. The number of nitrogens with zero attached hydrogens (tertiary/aromatic N) is 1. The molecule has 1 aliphatic carbocycles. The second-order valence-electron chi connectivity index (χ2n) is 8.65. The zero-order valence-electron chi connectivity index (χ0n) is 18.9. The van der Waals surface area contributed by atoms with E-state index in [4.69, 9.17) is 0 Å².